The molecule has 2 unspecified atom stereocenters. The van der Waals surface area contributed by atoms with E-state index in [2.05, 4.69) is 22.0 Å². The molecule has 2 heterocycles. The number of rotatable bonds is 4. The Morgan fingerprint density at radius 2 is 2.35 bits per heavy atom. The lowest BCUT2D eigenvalue weighted by Gasteiger charge is -2.32. The monoisotopic (exact) mass is 241 g/mol. The number of ether oxygens (including phenoxy) is 2. The summed E-state index contributed by atoms with van der Waals surface area (Å²) in [6.45, 7) is 7.10. The molecule has 2 rings (SSSR count). The molecule has 6 nitrogen and oxygen atoms in total. The highest BCUT2D eigenvalue weighted by molar-refractivity contribution is 4.89. The molecule has 1 saturated heterocycles. The quantitative estimate of drug-likeness (QED) is 0.776. The molecule has 0 amide bonds. The van der Waals surface area contributed by atoms with Crippen LogP contribution in [0.3, 0.4) is 0 Å². The molecule has 0 N–H and O–H groups in total. The molecule has 0 spiro atoms. The van der Waals surface area contributed by atoms with Gasteiger partial charge in [0.15, 0.2) is 0 Å². The number of hydrogen-bond donors (Lipinski definition) is 0. The maximum atomic E-state index is 5.64. The predicted octanol–water partition coefficient (Wildman–Crippen LogP) is 0.786. The van der Waals surface area contributed by atoms with E-state index in [1.54, 1.807) is 14.0 Å². The molecule has 2 atom stereocenters. The molecule has 0 saturated carbocycles. The molecule has 1 aromatic heterocycles. The fourth-order valence-corrected chi connectivity index (χ4v) is 1.90. The maximum Gasteiger partial charge on any atom is 0.246 e. The number of morpholine rings is 1. The first-order valence-corrected chi connectivity index (χ1v) is 5.85. The van der Waals surface area contributed by atoms with E-state index in [0.717, 1.165) is 19.6 Å². The Balaban J connectivity index is 1.93. The average Bonchev–Trinajstić information content (AvgIpc) is 2.76. The minimum atomic E-state index is -0.117. The summed E-state index contributed by atoms with van der Waals surface area (Å²) in [6, 6.07) is 0. The predicted molar refractivity (Wildman–Crippen MR) is 60.6 cm³/mol. The molecule has 96 valence electrons. The van der Waals surface area contributed by atoms with Crippen LogP contribution in [0, 0.1) is 6.92 Å². The van der Waals surface area contributed by atoms with Crippen molar-refractivity contribution in [2.24, 2.45) is 0 Å². The van der Waals surface area contributed by atoms with Crippen LogP contribution in [0.4, 0.5) is 0 Å². The summed E-state index contributed by atoms with van der Waals surface area (Å²) in [4.78, 5) is 2.29. The van der Waals surface area contributed by atoms with Gasteiger partial charge >= 0.3 is 0 Å². The van der Waals surface area contributed by atoms with Gasteiger partial charge in [0.2, 0.25) is 11.8 Å². The summed E-state index contributed by atoms with van der Waals surface area (Å²) >= 11 is 0. The summed E-state index contributed by atoms with van der Waals surface area (Å²) in [5.41, 5.74) is 0. The third-order valence-corrected chi connectivity index (χ3v) is 2.89. The second-order valence-corrected chi connectivity index (χ2v) is 4.32. The van der Waals surface area contributed by atoms with E-state index < -0.39 is 0 Å². The smallest absolute Gasteiger partial charge is 0.246 e. The van der Waals surface area contributed by atoms with Gasteiger partial charge in [-0.3, -0.25) is 4.90 Å². The summed E-state index contributed by atoms with van der Waals surface area (Å²) in [5, 5.41) is 7.83. The fraction of sp³-hybridized carbons (Fsp3) is 0.818. The third-order valence-electron chi connectivity index (χ3n) is 2.89. The van der Waals surface area contributed by atoms with Crippen molar-refractivity contribution in [1.29, 1.82) is 0 Å². The Morgan fingerprint density at radius 3 is 3.00 bits per heavy atom. The van der Waals surface area contributed by atoms with Crippen molar-refractivity contribution >= 4 is 0 Å². The Labute approximate surface area is 101 Å². The molecule has 0 aliphatic carbocycles. The van der Waals surface area contributed by atoms with Crippen LogP contribution >= 0.6 is 0 Å². The third kappa shape index (κ3) is 3.24. The summed E-state index contributed by atoms with van der Waals surface area (Å²) in [6.07, 6.45) is 0.104. The van der Waals surface area contributed by atoms with Crippen LogP contribution in [0.5, 0.6) is 0 Å². The molecule has 1 aliphatic heterocycles. The van der Waals surface area contributed by atoms with Crippen molar-refractivity contribution in [2.75, 3.05) is 33.4 Å². The first-order valence-electron chi connectivity index (χ1n) is 5.85. The minimum Gasteiger partial charge on any atom is -0.423 e. The van der Waals surface area contributed by atoms with Crippen molar-refractivity contribution in [3.05, 3.63) is 11.8 Å². The summed E-state index contributed by atoms with van der Waals surface area (Å²) < 4.78 is 16.3. The second kappa shape index (κ2) is 5.57. The van der Waals surface area contributed by atoms with Gasteiger partial charge in [-0.1, -0.05) is 0 Å². The van der Waals surface area contributed by atoms with Crippen LogP contribution in [-0.2, 0) is 9.47 Å². The van der Waals surface area contributed by atoms with E-state index in [0.29, 0.717) is 18.4 Å². The molecular weight excluding hydrogens is 222 g/mol. The van der Waals surface area contributed by atoms with E-state index in [9.17, 15) is 0 Å². The second-order valence-electron chi connectivity index (χ2n) is 4.32. The number of aryl methyl sites for hydroxylation is 1. The van der Waals surface area contributed by atoms with Crippen molar-refractivity contribution in [3.63, 3.8) is 0 Å². The standard InChI is InChI=1S/C11H19N3O3/c1-8(15-3)6-14-4-5-16-10(7-14)11-13-12-9(2)17-11/h8,10H,4-7H2,1-3H3. The van der Waals surface area contributed by atoms with Crippen molar-refractivity contribution in [1.82, 2.24) is 15.1 Å². The molecular formula is C11H19N3O3. The highest BCUT2D eigenvalue weighted by Crippen LogP contribution is 2.21. The number of nitrogens with zero attached hydrogens (tertiary/aromatic N) is 3. The first kappa shape index (κ1) is 12.5. The van der Waals surface area contributed by atoms with E-state index >= 15 is 0 Å². The van der Waals surface area contributed by atoms with E-state index in [4.69, 9.17) is 13.9 Å². The van der Waals surface area contributed by atoms with Gasteiger partial charge in [-0.25, -0.2) is 0 Å². The van der Waals surface area contributed by atoms with Gasteiger partial charge < -0.3 is 13.9 Å². The van der Waals surface area contributed by atoms with Gasteiger partial charge in [0, 0.05) is 33.7 Å². The topological polar surface area (TPSA) is 60.6 Å². The van der Waals surface area contributed by atoms with E-state index in [1.807, 2.05) is 0 Å². The Kier molecular flexibility index (Phi) is 4.09. The molecule has 6 heteroatoms. The highest BCUT2D eigenvalue weighted by Gasteiger charge is 2.26. The molecule has 17 heavy (non-hydrogen) atoms. The van der Waals surface area contributed by atoms with Crippen molar-refractivity contribution < 1.29 is 13.9 Å². The Bertz CT molecular complexity index is 355. The van der Waals surface area contributed by atoms with Crippen molar-refractivity contribution in [2.45, 2.75) is 26.1 Å². The van der Waals surface area contributed by atoms with Crippen LogP contribution in [0.1, 0.15) is 24.8 Å². The van der Waals surface area contributed by atoms with Crippen LogP contribution in [0.25, 0.3) is 0 Å². The van der Waals surface area contributed by atoms with Gasteiger partial charge in [0.05, 0.1) is 12.7 Å². The lowest BCUT2D eigenvalue weighted by atomic mass is 10.2. The zero-order chi connectivity index (χ0) is 12.3. The normalized spacial score (nSPS) is 23.8. The van der Waals surface area contributed by atoms with Crippen molar-refractivity contribution in [3.8, 4) is 0 Å². The van der Waals surface area contributed by atoms with E-state index in [1.165, 1.54) is 0 Å². The largest absolute Gasteiger partial charge is 0.423 e. The lowest BCUT2D eigenvalue weighted by molar-refractivity contribution is -0.0553. The average molecular weight is 241 g/mol. The first-order chi connectivity index (χ1) is 8.19. The van der Waals surface area contributed by atoms with Crippen LogP contribution < -0.4 is 0 Å². The van der Waals surface area contributed by atoms with Crippen LogP contribution in [-0.4, -0.2) is 54.6 Å². The molecule has 0 bridgehead atoms. The van der Waals surface area contributed by atoms with Crippen LogP contribution in [0.15, 0.2) is 4.42 Å². The zero-order valence-electron chi connectivity index (χ0n) is 10.5. The minimum absolute atomic E-state index is 0.117. The Morgan fingerprint density at radius 1 is 1.53 bits per heavy atom. The SMILES string of the molecule is COC(C)CN1CCOC(c2nnc(C)o2)C1. The fourth-order valence-electron chi connectivity index (χ4n) is 1.90. The van der Waals surface area contributed by atoms with Gasteiger partial charge in [-0.2, -0.15) is 0 Å². The van der Waals surface area contributed by atoms with Gasteiger partial charge in [-0.15, -0.1) is 10.2 Å². The molecule has 1 fully saturated rings. The number of aromatic nitrogens is 2. The van der Waals surface area contributed by atoms with Crippen LogP contribution in [0.2, 0.25) is 0 Å². The summed E-state index contributed by atoms with van der Waals surface area (Å²) in [7, 11) is 1.73. The van der Waals surface area contributed by atoms with Gasteiger partial charge in [0.25, 0.3) is 0 Å². The lowest BCUT2D eigenvalue weighted by Crippen LogP contribution is -2.42. The number of methoxy groups -OCH3 is 1. The zero-order valence-corrected chi connectivity index (χ0v) is 10.5. The molecule has 1 aliphatic rings. The van der Waals surface area contributed by atoms with E-state index in [-0.39, 0.29) is 12.2 Å². The molecule has 0 radical (unpaired) electrons. The maximum absolute atomic E-state index is 5.64. The molecule has 0 aromatic carbocycles. The highest BCUT2D eigenvalue weighted by atomic mass is 16.5. The molecule has 1 aromatic rings. The summed E-state index contributed by atoms with van der Waals surface area (Å²) in [5.74, 6) is 1.14. The Hall–Kier alpha value is -0.980. The van der Waals surface area contributed by atoms with Gasteiger partial charge in [0.1, 0.15) is 6.10 Å². The van der Waals surface area contributed by atoms with Gasteiger partial charge in [-0.05, 0) is 6.92 Å². The number of hydrogen-bond acceptors (Lipinski definition) is 6.